The van der Waals surface area contributed by atoms with Gasteiger partial charge in [-0.05, 0) is 31.0 Å². The Bertz CT molecular complexity index is 855. The number of Topliss-reactive ketones (excluding diaryl/α,β-unsaturated/α-hetero) is 1. The lowest BCUT2D eigenvalue weighted by Crippen LogP contribution is -2.49. The van der Waals surface area contributed by atoms with Crippen LogP contribution in [0.15, 0.2) is 29.2 Å². The molecule has 2 aliphatic rings. The zero-order valence-corrected chi connectivity index (χ0v) is 15.0. The average Bonchev–Trinajstić information content (AvgIpc) is 3.50. The number of hydrogen-bond donors (Lipinski definition) is 1. The van der Waals surface area contributed by atoms with Gasteiger partial charge in [0.15, 0.2) is 5.78 Å². The fourth-order valence-corrected chi connectivity index (χ4v) is 3.82. The molecule has 0 radical (unpaired) electrons. The number of nitrogens with one attached hydrogen (secondary N) is 1. The van der Waals surface area contributed by atoms with Gasteiger partial charge in [-0.25, -0.2) is 8.42 Å². The molecule has 8 heteroatoms. The van der Waals surface area contributed by atoms with Crippen molar-refractivity contribution >= 4 is 21.7 Å². The highest BCUT2D eigenvalue weighted by atomic mass is 32.2. The summed E-state index contributed by atoms with van der Waals surface area (Å²) in [7, 11) is -3.78. The number of ketones is 1. The first kappa shape index (κ1) is 18.6. The predicted molar refractivity (Wildman–Crippen MR) is 93.8 cm³/mol. The van der Waals surface area contributed by atoms with Gasteiger partial charge in [0.1, 0.15) is 6.10 Å². The molecule has 3 rings (SSSR count). The fourth-order valence-electron chi connectivity index (χ4n) is 2.84. The lowest BCUT2D eigenvalue weighted by Gasteiger charge is -2.32. The molecule has 7 nitrogen and oxygen atoms in total. The van der Waals surface area contributed by atoms with Crippen molar-refractivity contribution in [2.75, 3.05) is 26.2 Å². The lowest BCUT2D eigenvalue weighted by molar-refractivity contribution is -0.136. The molecule has 1 saturated carbocycles. The summed E-state index contributed by atoms with van der Waals surface area (Å²) in [5.74, 6) is 1.99. The number of morpholine rings is 1. The van der Waals surface area contributed by atoms with Crippen LogP contribution >= 0.6 is 0 Å². The van der Waals surface area contributed by atoms with E-state index in [0.717, 1.165) is 12.8 Å². The molecule has 1 heterocycles. The van der Waals surface area contributed by atoms with Gasteiger partial charge in [0.25, 0.3) is 5.91 Å². The van der Waals surface area contributed by atoms with Crippen LogP contribution in [0, 0.1) is 18.3 Å². The second-order valence-corrected chi connectivity index (χ2v) is 8.11. The quantitative estimate of drug-likeness (QED) is 0.727. The van der Waals surface area contributed by atoms with Crippen molar-refractivity contribution in [3.63, 3.8) is 0 Å². The second-order valence-electron chi connectivity index (χ2n) is 6.34. The Morgan fingerprint density at radius 3 is 2.81 bits per heavy atom. The summed E-state index contributed by atoms with van der Waals surface area (Å²) in [6.45, 7) is 0.714. The van der Waals surface area contributed by atoms with Crippen molar-refractivity contribution in [1.29, 1.82) is 0 Å². The minimum absolute atomic E-state index is 0.0301. The first-order valence-corrected chi connectivity index (χ1v) is 9.88. The molecule has 2 fully saturated rings. The van der Waals surface area contributed by atoms with Gasteiger partial charge in [-0.1, -0.05) is 12.0 Å². The number of amides is 1. The first-order valence-electron chi connectivity index (χ1n) is 8.40. The van der Waals surface area contributed by atoms with E-state index in [4.69, 9.17) is 11.2 Å². The number of sulfonamides is 1. The number of hydrogen-bond acceptors (Lipinski definition) is 5. The fraction of sp³-hybridized carbons (Fsp3) is 0.444. The van der Waals surface area contributed by atoms with Crippen molar-refractivity contribution in [3.05, 3.63) is 29.8 Å². The summed E-state index contributed by atoms with van der Waals surface area (Å²) in [4.78, 5) is 26.4. The van der Waals surface area contributed by atoms with Crippen LogP contribution < -0.4 is 4.72 Å². The number of terminal acetylenes is 1. The molecule has 0 aromatic heterocycles. The van der Waals surface area contributed by atoms with Gasteiger partial charge in [0.05, 0.1) is 24.6 Å². The highest BCUT2D eigenvalue weighted by Gasteiger charge is 2.38. The maximum atomic E-state index is 12.8. The van der Waals surface area contributed by atoms with E-state index in [9.17, 15) is 18.0 Å². The molecule has 0 bridgehead atoms. The molecule has 1 aromatic rings. The van der Waals surface area contributed by atoms with Gasteiger partial charge in [0.2, 0.25) is 10.0 Å². The smallest absolute Gasteiger partial charge is 0.254 e. The van der Waals surface area contributed by atoms with Crippen molar-refractivity contribution in [2.45, 2.75) is 23.8 Å². The SMILES string of the molecule is C#CCNS(=O)(=O)c1cccc(C(=O)N2CCO[C@H](C(=O)C3CC3)C2)c1. The Kier molecular flexibility index (Phi) is 5.41. The normalized spacial score (nSPS) is 20.4. The van der Waals surface area contributed by atoms with Gasteiger partial charge in [-0.3, -0.25) is 9.59 Å². The molecular formula is C18H20N2O5S. The summed E-state index contributed by atoms with van der Waals surface area (Å²) in [5.41, 5.74) is 0.244. The summed E-state index contributed by atoms with van der Waals surface area (Å²) >= 11 is 0. The summed E-state index contributed by atoms with van der Waals surface area (Å²) in [6.07, 6.45) is 6.25. The van der Waals surface area contributed by atoms with E-state index >= 15 is 0 Å². The molecular weight excluding hydrogens is 356 g/mol. The number of carbonyl (C=O) groups excluding carboxylic acids is 2. The number of benzene rings is 1. The van der Waals surface area contributed by atoms with E-state index in [0.29, 0.717) is 6.54 Å². The van der Waals surface area contributed by atoms with Crippen molar-refractivity contribution in [1.82, 2.24) is 9.62 Å². The molecule has 1 amide bonds. The van der Waals surface area contributed by atoms with E-state index in [1.54, 1.807) is 6.07 Å². The summed E-state index contributed by atoms with van der Waals surface area (Å²) in [5, 5.41) is 0. The van der Waals surface area contributed by atoms with Crippen molar-refractivity contribution in [3.8, 4) is 12.3 Å². The molecule has 1 N–H and O–H groups in total. The number of nitrogens with zero attached hydrogens (tertiary/aromatic N) is 1. The molecule has 1 atom stereocenters. The van der Waals surface area contributed by atoms with Crippen LogP contribution in [0.2, 0.25) is 0 Å². The van der Waals surface area contributed by atoms with Gasteiger partial charge in [0, 0.05) is 18.0 Å². The van der Waals surface area contributed by atoms with Gasteiger partial charge in [-0.15, -0.1) is 6.42 Å². The number of ether oxygens (including phenoxy) is 1. The minimum atomic E-state index is -3.78. The van der Waals surface area contributed by atoms with Gasteiger partial charge >= 0.3 is 0 Å². The molecule has 1 aliphatic carbocycles. The van der Waals surface area contributed by atoms with Crippen LogP contribution in [0.25, 0.3) is 0 Å². The maximum Gasteiger partial charge on any atom is 0.254 e. The average molecular weight is 376 g/mol. The van der Waals surface area contributed by atoms with E-state index in [2.05, 4.69) is 10.6 Å². The highest BCUT2D eigenvalue weighted by molar-refractivity contribution is 7.89. The topological polar surface area (TPSA) is 92.8 Å². The molecule has 26 heavy (non-hydrogen) atoms. The monoisotopic (exact) mass is 376 g/mol. The maximum absolute atomic E-state index is 12.8. The van der Waals surface area contributed by atoms with Crippen LogP contribution in [0.4, 0.5) is 0 Å². The van der Waals surface area contributed by atoms with Gasteiger partial charge < -0.3 is 9.64 Å². The molecule has 1 aliphatic heterocycles. The largest absolute Gasteiger partial charge is 0.367 e. The summed E-state index contributed by atoms with van der Waals surface area (Å²) in [6, 6.07) is 5.77. The van der Waals surface area contributed by atoms with E-state index < -0.39 is 16.1 Å². The van der Waals surface area contributed by atoms with Crippen LogP contribution in [-0.4, -0.2) is 57.4 Å². The molecule has 138 valence electrons. The standard InChI is InChI=1S/C18H20N2O5S/c1-2-8-19-26(23,24)15-5-3-4-14(11-15)18(22)20-9-10-25-16(12-20)17(21)13-6-7-13/h1,3-5,11,13,16,19H,6-10,12H2/t16-/m0/s1. The molecule has 0 spiro atoms. The molecule has 1 aromatic carbocycles. The van der Waals surface area contributed by atoms with Crippen molar-refractivity contribution < 1.29 is 22.7 Å². The minimum Gasteiger partial charge on any atom is -0.367 e. The molecule has 0 unspecified atom stereocenters. The van der Waals surface area contributed by atoms with Crippen LogP contribution in [0.5, 0.6) is 0 Å². The third-order valence-corrected chi connectivity index (χ3v) is 5.81. The van der Waals surface area contributed by atoms with Crippen LogP contribution in [-0.2, 0) is 19.6 Å². The Balaban J connectivity index is 1.74. The highest BCUT2D eigenvalue weighted by Crippen LogP contribution is 2.32. The van der Waals surface area contributed by atoms with Crippen LogP contribution in [0.1, 0.15) is 23.2 Å². The Labute approximate surface area is 152 Å². The molecule has 1 saturated heterocycles. The third-order valence-electron chi connectivity index (χ3n) is 4.41. The van der Waals surface area contributed by atoms with Crippen molar-refractivity contribution in [2.24, 2.45) is 5.92 Å². The van der Waals surface area contributed by atoms with E-state index in [1.165, 1.54) is 23.1 Å². The zero-order chi connectivity index (χ0) is 18.7. The number of rotatable bonds is 6. The second kappa shape index (κ2) is 7.58. The Hall–Kier alpha value is -2.21. The van der Waals surface area contributed by atoms with Crippen LogP contribution in [0.3, 0.4) is 0 Å². The first-order chi connectivity index (χ1) is 12.4. The van der Waals surface area contributed by atoms with E-state index in [1.807, 2.05) is 0 Å². The zero-order valence-electron chi connectivity index (χ0n) is 14.2. The third kappa shape index (κ3) is 4.12. The summed E-state index contributed by atoms with van der Waals surface area (Å²) < 4.78 is 32.1. The Morgan fingerprint density at radius 2 is 2.12 bits per heavy atom. The predicted octanol–water partition coefficient (Wildman–Crippen LogP) is 0.418. The lowest BCUT2D eigenvalue weighted by atomic mass is 10.1. The number of carbonyl (C=O) groups is 2. The van der Waals surface area contributed by atoms with E-state index in [-0.39, 0.29) is 47.8 Å². The van der Waals surface area contributed by atoms with Gasteiger partial charge in [-0.2, -0.15) is 4.72 Å². The Morgan fingerprint density at radius 1 is 1.35 bits per heavy atom.